The summed E-state index contributed by atoms with van der Waals surface area (Å²) in [5, 5.41) is 0. The van der Waals surface area contributed by atoms with Gasteiger partial charge in [-0.2, -0.15) is 0 Å². The number of rotatable bonds is 8. The number of hydrogen-bond donors (Lipinski definition) is 0. The Bertz CT molecular complexity index is 412. The Morgan fingerprint density at radius 1 is 1.37 bits per heavy atom. The molecule has 3 nitrogen and oxygen atoms in total. The minimum Gasteiger partial charge on any atom is -0.496 e. The zero-order valence-corrected chi connectivity index (χ0v) is 13.3. The number of carbonyl (C=O) groups excluding carboxylic acids is 1. The highest BCUT2D eigenvalue weighted by Gasteiger charge is 2.19. The maximum absolute atomic E-state index is 12.3. The SMILES string of the molecule is CCCC(OCC)C(=O)Cc1cc(Br)ccc1OC. The second-order valence-corrected chi connectivity index (χ2v) is 5.25. The Balaban J connectivity index is 2.82. The van der Waals surface area contributed by atoms with E-state index in [1.54, 1.807) is 7.11 Å². The van der Waals surface area contributed by atoms with E-state index in [9.17, 15) is 4.79 Å². The molecule has 1 aromatic carbocycles. The van der Waals surface area contributed by atoms with Gasteiger partial charge in [0.15, 0.2) is 5.78 Å². The number of ketones is 1. The van der Waals surface area contributed by atoms with E-state index in [4.69, 9.17) is 9.47 Å². The smallest absolute Gasteiger partial charge is 0.166 e. The lowest BCUT2D eigenvalue weighted by Crippen LogP contribution is -2.26. The van der Waals surface area contributed by atoms with Crippen molar-refractivity contribution in [2.24, 2.45) is 0 Å². The fraction of sp³-hybridized carbons (Fsp3) is 0.533. The van der Waals surface area contributed by atoms with Crippen LogP contribution in [0.1, 0.15) is 32.3 Å². The Labute approximate surface area is 123 Å². The van der Waals surface area contributed by atoms with Gasteiger partial charge in [0, 0.05) is 23.1 Å². The molecule has 106 valence electrons. The molecule has 1 rings (SSSR count). The third kappa shape index (κ3) is 4.96. The Morgan fingerprint density at radius 3 is 2.68 bits per heavy atom. The normalized spacial score (nSPS) is 12.2. The molecular weight excluding hydrogens is 308 g/mol. The predicted octanol–water partition coefficient (Wildman–Crippen LogP) is 3.77. The number of halogens is 1. The lowest BCUT2D eigenvalue weighted by Gasteiger charge is -2.16. The summed E-state index contributed by atoms with van der Waals surface area (Å²) in [4.78, 5) is 12.3. The third-order valence-electron chi connectivity index (χ3n) is 2.88. The van der Waals surface area contributed by atoms with Gasteiger partial charge >= 0.3 is 0 Å². The van der Waals surface area contributed by atoms with E-state index >= 15 is 0 Å². The molecule has 4 heteroatoms. The highest BCUT2D eigenvalue weighted by molar-refractivity contribution is 9.10. The molecule has 0 saturated heterocycles. The van der Waals surface area contributed by atoms with E-state index in [0.29, 0.717) is 13.0 Å². The summed E-state index contributed by atoms with van der Waals surface area (Å²) in [6.07, 6.45) is 1.74. The van der Waals surface area contributed by atoms with E-state index in [0.717, 1.165) is 28.6 Å². The monoisotopic (exact) mass is 328 g/mol. The van der Waals surface area contributed by atoms with Gasteiger partial charge in [0.25, 0.3) is 0 Å². The first-order chi connectivity index (χ1) is 9.12. The van der Waals surface area contributed by atoms with E-state index < -0.39 is 0 Å². The van der Waals surface area contributed by atoms with Crippen molar-refractivity contribution in [2.45, 2.75) is 39.2 Å². The van der Waals surface area contributed by atoms with E-state index in [2.05, 4.69) is 22.9 Å². The number of ether oxygens (including phenoxy) is 2. The highest BCUT2D eigenvalue weighted by atomic mass is 79.9. The molecule has 0 N–H and O–H groups in total. The molecule has 0 heterocycles. The van der Waals surface area contributed by atoms with Gasteiger partial charge in [0.1, 0.15) is 11.9 Å². The zero-order chi connectivity index (χ0) is 14.3. The van der Waals surface area contributed by atoms with Crippen molar-refractivity contribution in [3.63, 3.8) is 0 Å². The number of Topliss-reactive ketones (excluding diaryl/α,β-unsaturated/α-hetero) is 1. The topological polar surface area (TPSA) is 35.5 Å². The molecule has 0 fully saturated rings. The maximum Gasteiger partial charge on any atom is 0.166 e. The van der Waals surface area contributed by atoms with Gasteiger partial charge < -0.3 is 9.47 Å². The number of hydrogen-bond acceptors (Lipinski definition) is 3. The molecule has 0 aliphatic carbocycles. The summed E-state index contributed by atoms with van der Waals surface area (Å²) in [6, 6.07) is 5.69. The maximum atomic E-state index is 12.3. The molecule has 0 saturated carbocycles. The van der Waals surface area contributed by atoms with Crippen LogP contribution >= 0.6 is 15.9 Å². The Morgan fingerprint density at radius 2 is 2.11 bits per heavy atom. The van der Waals surface area contributed by atoms with Crippen molar-refractivity contribution in [1.82, 2.24) is 0 Å². The average molecular weight is 329 g/mol. The van der Waals surface area contributed by atoms with E-state index in [-0.39, 0.29) is 11.9 Å². The molecule has 0 radical (unpaired) electrons. The van der Waals surface area contributed by atoms with Gasteiger partial charge in [-0.25, -0.2) is 0 Å². The third-order valence-corrected chi connectivity index (χ3v) is 3.38. The van der Waals surface area contributed by atoms with Crippen LogP contribution in [0.15, 0.2) is 22.7 Å². The van der Waals surface area contributed by atoms with Crippen LogP contribution in [0.5, 0.6) is 5.75 Å². The average Bonchev–Trinajstić information content (AvgIpc) is 2.38. The second kappa shape index (κ2) is 8.33. The lowest BCUT2D eigenvalue weighted by atomic mass is 10.0. The van der Waals surface area contributed by atoms with Crippen molar-refractivity contribution in [2.75, 3.05) is 13.7 Å². The van der Waals surface area contributed by atoms with Crippen LogP contribution < -0.4 is 4.74 Å². The van der Waals surface area contributed by atoms with Gasteiger partial charge in [-0.05, 0) is 31.5 Å². The predicted molar refractivity (Wildman–Crippen MR) is 79.7 cm³/mol. The fourth-order valence-electron chi connectivity index (χ4n) is 1.99. The number of carbonyl (C=O) groups is 1. The number of methoxy groups -OCH3 is 1. The second-order valence-electron chi connectivity index (χ2n) is 4.33. The van der Waals surface area contributed by atoms with Gasteiger partial charge in [-0.15, -0.1) is 0 Å². The largest absolute Gasteiger partial charge is 0.496 e. The van der Waals surface area contributed by atoms with Crippen LogP contribution in [0.25, 0.3) is 0 Å². The van der Waals surface area contributed by atoms with Crippen molar-refractivity contribution >= 4 is 21.7 Å². The standard InChI is InChI=1S/C15H21BrO3/c1-4-6-15(19-5-2)13(17)10-11-9-12(16)7-8-14(11)18-3/h7-9,15H,4-6,10H2,1-3H3. The van der Waals surface area contributed by atoms with Crippen LogP contribution in [-0.2, 0) is 16.0 Å². The molecule has 19 heavy (non-hydrogen) atoms. The molecule has 0 aromatic heterocycles. The number of benzene rings is 1. The first-order valence-corrected chi connectivity index (χ1v) is 7.38. The highest BCUT2D eigenvalue weighted by Crippen LogP contribution is 2.24. The van der Waals surface area contributed by atoms with Crippen LogP contribution in [0, 0.1) is 0 Å². The molecule has 0 bridgehead atoms. The summed E-state index contributed by atoms with van der Waals surface area (Å²) < 4.78 is 11.7. The fourth-order valence-corrected chi connectivity index (χ4v) is 2.40. The molecular formula is C15H21BrO3. The summed E-state index contributed by atoms with van der Waals surface area (Å²) in [7, 11) is 1.61. The summed E-state index contributed by atoms with van der Waals surface area (Å²) >= 11 is 3.42. The van der Waals surface area contributed by atoms with Crippen molar-refractivity contribution < 1.29 is 14.3 Å². The first-order valence-electron chi connectivity index (χ1n) is 6.59. The van der Waals surface area contributed by atoms with Crippen molar-refractivity contribution in [3.8, 4) is 5.75 Å². The Hall–Kier alpha value is -0.870. The molecule has 1 atom stereocenters. The summed E-state index contributed by atoms with van der Waals surface area (Å²) in [5.41, 5.74) is 0.891. The molecule has 0 amide bonds. The van der Waals surface area contributed by atoms with Gasteiger partial charge in [-0.3, -0.25) is 4.79 Å². The molecule has 1 unspecified atom stereocenters. The first kappa shape index (κ1) is 16.2. The van der Waals surface area contributed by atoms with Gasteiger partial charge in [0.05, 0.1) is 7.11 Å². The summed E-state index contributed by atoms with van der Waals surface area (Å²) in [5.74, 6) is 0.850. The molecule has 0 aliphatic heterocycles. The quantitative estimate of drug-likeness (QED) is 0.728. The van der Waals surface area contributed by atoms with Gasteiger partial charge in [-0.1, -0.05) is 29.3 Å². The molecule has 0 aliphatic rings. The molecule has 1 aromatic rings. The van der Waals surface area contributed by atoms with Crippen LogP contribution in [0.4, 0.5) is 0 Å². The summed E-state index contributed by atoms with van der Waals surface area (Å²) in [6.45, 7) is 4.53. The van der Waals surface area contributed by atoms with Crippen LogP contribution in [-0.4, -0.2) is 25.6 Å². The minimum atomic E-state index is -0.307. The van der Waals surface area contributed by atoms with Gasteiger partial charge in [0.2, 0.25) is 0 Å². The lowest BCUT2D eigenvalue weighted by molar-refractivity contribution is -0.130. The minimum absolute atomic E-state index is 0.111. The van der Waals surface area contributed by atoms with E-state index in [1.807, 2.05) is 25.1 Å². The van der Waals surface area contributed by atoms with E-state index in [1.165, 1.54) is 0 Å². The zero-order valence-electron chi connectivity index (χ0n) is 11.7. The van der Waals surface area contributed by atoms with Crippen molar-refractivity contribution in [3.05, 3.63) is 28.2 Å². The van der Waals surface area contributed by atoms with Crippen molar-refractivity contribution in [1.29, 1.82) is 0 Å². The molecule has 0 spiro atoms. The Kier molecular flexibility index (Phi) is 7.10. The van der Waals surface area contributed by atoms with Crippen LogP contribution in [0.2, 0.25) is 0 Å². The van der Waals surface area contributed by atoms with Crippen LogP contribution in [0.3, 0.4) is 0 Å².